The Morgan fingerprint density at radius 3 is 2.51 bits per heavy atom. The Bertz CT molecular complexity index is 1050. The zero-order valence-corrected chi connectivity index (χ0v) is 20.5. The molecule has 10 heteroatoms. The van der Waals surface area contributed by atoms with Gasteiger partial charge >= 0.3 is 0 Å². The molecule has 1 aliphatic heterocycles. The third-order valence-electron chi connectivity index (χ3n) is 5.32. The van der Waals surface area contributed by atoms with Crippen molar-refractivity contribution in [3.63, 3.8) is 0 Å². The zero-order chi connectivity index (χ0) is 25.2. The average molecular weight is 501 g/mol. The van der Waals surface area contributed by atoms with Crippen molar-refractivity contribution in [2.75, 3.05) is 32.9 Å². The maximum atomic E-state index is 12.6. The van der Waals surface area contributed by atoms with Gasteiger partial charge in [-0.15, -0.1) is 0 Å². The van der Waals surface area contributed by atoms with E-state index >= 15 is 0 Å². The van der Waals surface area contributed by atoms with Crippen LogP contribution in [0.15, 0.2) is 53.6 Å². The van der Waals surface area contributed by atoms with Crippen LogP contribution in [0.3, 0.4) is 0 Å². The third kappa shape index (κ3) is 8.08. The van der Waals surface area contributed by atoms with Crippen LogP contribution in [0.25, 0.3) is 0 Å². The molecule has 3 amide bonds. The number of nitrogens with one attached hydrogen (secondary N) is 2. The van der Waals surface area contributed by atoms with E-state index < -0.39 is 17.9 Å². The van der Waals surface area contributed by atoms with Gasteiger partial charge in [0.1, 0.15) is 11.8 Å². The van der Waals surface area contributed by atoms with Crippen LogP contribution in [-0.4, -0.2) is 67.8 Å². The lowest BCUT2D eigenvalue weighted by Crippen LogP contribution is -2.48. The molecule has 1 saturated heterocycles. The molecule has 0 aromatic heterocycles. The number of rotatable bonds is 9. The number of carbonyl (C=O) groups is 3. The van der Waals surface area contributed by atoms with Gasteiger partial charge < -0.3 is 19.7 Å². The van der Waals surface area contributed by atoms with Crippen molar-refractivity contribution in [1.82, 2.24) is 15.6 Å². The van der Waals surface area contributed by atoms with Crippen molar-refractivity contribution < 1.29 is 23.9 Å². The molecule has 2 aromatic rings. The molecule has 0 aliphatic carbocycles. The zero-order valence-electron chi connectivity index (χ0n) is 19.7. The number of ether oxygens (including phenoxy) is 2. The number of amides is 3. The Labute approximate surface area is 209 Å². The van der Waals surface area contributed by atoms with Gasteiger partial charge in [-0.3, -0.25) is 14.4 Å². The van der Waals surface area contributed by atoms with E-state index in [0.29, 0.717) is 42.6 Å². The van der Waals surface area contributed by atoms with Crippen molar-refractivity contribution in [2.45, 2.75) is 19.9 Å². The number of hydrogen-bond donors (Lipinski definition) is 2. The van der Waals surface area contributed by atoms with Crippen LogP contribution < -0.4 is 15.5 Å². The van der Waals surface area contributed by atoms with E-state index in [9.17, 15) is 14.4 Å². The fraction of sp³-hybridized carbons (Fsp3) is 0.360. The van der Waals surface area contributed by atoms with E-state index in [1.165, 1.54) is 12.3 Å². The predicted octanol–water partition coefficient (Wildman–Crippen LogP) is 2.48. The first kappa shape index (κ1) is 26.2. The standard InChI is InChI=1S/C25H29ClN4O5/c1-17(2)23(28-24(32)19-4-3-5-20(26)14-19)25(33)29-27-15-18-6-8-21(9-7-18)35-16-22(31)30-10-12-34-13-11-30/h3-9,14-15,17,23H,10-13,16H2,1-2H3,(H,28,32)(H,29,33)/b27-15+. The largest absolute Gasteiger partial charge is 0.484 e. The molecule has 0 spiro atoms. The van der Waals surface area contributed by atoms with Crippen LogP contribution in [0.5, 0.6) is 5.75 Å². The molecule has 0 bridgehead atoms. The molecule has 9 nitrogen and oxygen atoms in total. The van der Waals surface area contributed by atoms with Crippen LogP contribution in [0, 0.1) is 5.92 Å². The van der Waals surface area contributed by atoms with E-state index in [1.54, 1.807) is 47.4 Å². The number of halogens is 1. The predicted molar refractivity (Wildman–Crippen MR) is 133 cm³/mol. The van der Waals surface area contributed by atoms with Crippen LogP contribution >= 0.6 is 11.6 Å². The average Bonchev–Trinajstić information content (AvgIpc) is 2.86. The van der Waals surface area contributed by atoms with Crippen molar-refractivity contribution in [3.05, 3.63) is 64.7 Å². The Morgan fingerprint density at radius 2 is 1.86 bits per heavy atom. The fourth-order valence-electron chi connectivity index (χ4n) is 3.33. The normalized spacial score (nSPS) is 14.6. The molecule has 1 heterocycles. The smallest absolute Gasteiger partial charge is 0.262 e. The van der Waals surface area contributed by atoms with Gasteiger partial charge in [0.05, 0.1) is 19.4 Å². The van der Waals surface area contributed by atoms with Gasteiger partial charge in [0, 0.05) is 23.7 Å². The summed E-state index contributed by atoms with van der Waals surface area (Å²) in [5, 5.41) is 7.16. The number of morpholine rings is 1. The fourth-order valence-corrected chi connectivity index (χ4v) is 3.52. The summed E-state index contributed by atoms with van der Waals surface area (Å²) < 4.78 is 10.8. The monoisotopic (exact) mass is 500 g/mol. The number of hydrazone groups is 1. The highest BCUT2D eigenvalue weighted by atomic mass is 35.5. The molecule has 1 unspecified atom stereocenters. The Hall–Kier alpha value is -3.43. The van der Waals surface area contributed by atoms with Gasteiger partial charge in [0.2, 0.25) is 0 Å². The minimum Gasteiger partial charge on any atom is -0.484 e. The minimum atomic E-state index is -0.779. The van der Waals surface area contributed by atoms with E-state index in [0.717, 1.165) is 5.56 Å². The second kappa shape index (κ2) is 12.9. The van der Waals surface area contributed by atoms with Crippen LogP contribution in [0.1, 0.15) is 29.8 Å². The number of carbonyl (C=O) groups excluding carboxylic acids is 3. The molecule has 3 rings (SSSR count). The van der Waals surface area contributed by atoms with Crippen molar-refractivity contribution in [2.24, 2.45) is 11.0 Å². The summed E-state index contributed by atoms with van der Waals surface area (Å²) in [5.41, 5.74) is 3.56. The van der Waals surface area contributed by atoms with E-state index in [4.69, 9.17) is 21.1 Å². The quantitative estimate of drug-likeness (QED) is 0.406. The lowest BCUT2D eigenvalue weighted by molar-refractivity contribution is -0.137. The summed E-state index contributed by atoms with van der Waals surface area (Å²) >= 11 is 5.94. The first-order valence-electron chi connectivity index (χ1n) is 11.3. The number of hydrogen-bond acceptors (Lipinski definition) is 6. The van der Waals surface area contributed by atoms with Gasteiger partial charge in [0.25, 0.3) is 17.7 Å². The number of nitrogens with zero attached hydrogens (tertiary/aromatic N) is 2. The minimum absolute atomic E-state index is 0.0407. The molecule has 2 aromatic carbocycles. The lowest BCUT2D eigenvalue weighted by Gasteiger charge is -2.26. The first-order valence-corrected chi connectivity index (χ1v) is 11.7. The maximum absolute atomic E-state index is 12.6. The van der Waals surface area contributed by atoms with Gasteiger partial charge in [-0.25, -0.2) is 5.43 Å². The van der Waals surface area contributed by atoms with E-state index in [2.05, 4.69) is 15.8 Å². The lowest BCUT2D eigenvalue weighted by atomic mass is 10.0. The second-order valence-electron chi connectivity index (χ2n) is 8.29. The molecular weight excluding hydrogens is 472 g/mol. The molecule has 35 heavy (non-hydrogen) atoms. The number of benzene rings is 2. The highest BCUT2D eigenvalue weighted by Crippen LogP contribution is 2.13. The molecule has 0 radical (unpaired) electrons. The molecule has 186 valence electrons. The molecule has 1 fully saturated rings. The summed E-state index contributed by atoms with van der Waals surface area (Å²) in [6.45, 7) is 5.85. The summed E-state index contributed by atoms with van der Waals surface area (Å²) in [6, 6.07) is 12.7. The second-order valence-corrected chi connectivity index (χ2v) is 8.73. The highest BCUT2D eigenvalue weighted by molar-refractivity contribution is 6.31. The Balaban J connectivity index is 1.49. The van der Waals surface area contributed by atoms with Gasteiger partial charge in [0.15, 0.2) is 6.61 Å². The highest BCUT2D eigenvalue weighted by Gasteiger charge is 2.24. The van der Waals surface area contributed by atoms with Crippen molar-refractivity contribution >= 4 is 35.5 Å². The van der Waals surface area contributed by atoms with E-state index in [1.807, 2.05) is 13.8 Å². The van der Waals surface area contributed by atoms with Crippen molar-refractivity contribution in [3.8, 4) is 5.75 Å². The Kier molecular flexibility index (Phi) is 9.63. The molecular formula is C25H29ClN4O5. The van der Waals surface area contributed by atoms with Crippen LogP contribution in [0.2, 0.25) is 5.02 Å². The van der Waals surface area contributed by atoms with Crippen molar-refractivity contribution in [1.29, 1.82) is 0 Å². The van der Waals surface area contributed by atoms with Gasteiger partial charge in [-0.05, 0) is 53.9 Å². The SMILES string of the molecule is CC(C)C(NC(=O)c1cccc(Cl)c1)C(=O)N/N=C/c1ccc(OCC(=O)N2CCOCC2)cc1. The summed E-state index contributed by atoms with van der Waals surface area (Å²) in [6.07, 6.45) is 1.48. The first-order chi connectivity index (χ1) is 16.8. The molecule has 0 saturated carbocycles. The van der Waals surface area contributed by atoms with Gasteiger partial charge in [-0.2, -0.15) is 5.10 Å². The molecule has 2 N–H and O–H groups in total. The maximum Gasteiger partial charge on any atom is 0.262 e. The third-order valence-corrected chi connectivity index (χ3v) is 5.55. The van der Waals surface area contributed by atoms with E-state index in [-0.39, 0.29) is 18.4 Å². The summed E-state index contributed by atoms with van der Waals surface area (Å²) in [5.74, 6) is -0.522. The van der Waals surface area contributed by atoms with Crippen LogP contribution in [-0.2, 0) is 14.3 Å². The Morgan fingerprint density at radius 1 is 1.14 bits per heavy atom. The summed E-state index contributed by atoms with van der Waals surface area (Å²) in [4.78, 5) is 39.0. The topological polar surface area (TPSA) is 109 Å². The molecule has 1 aliphatic rings. The van der Waals surface area contributed by atoms with Crippen LogP contribution in [0.4, 0.5) is 0 Å². The molecule has 1 atom stereocenters. The van der Waals surface area contributed by atoms with Gasteiger partial charge in [-0.1, -0.05) is 31.5 Å². The summed E-state index contributed by atoms with van der Waals surface area (Å²) in [7, 11) is 0.